The molecule has 0 radical (unpaired) electrons. The molecule has 23 heavy (non-hydrogen) atoms. The molecule has 0 bridgehead atoms. The van der Waals surface area contributed by atoms with Crippen LogP contribution in [0, 0.1) is 0 Å². The topological polar surface area (TPSA) is 29.4 Å². The van der Waals surface area contributed by atoms with Crippen molar-refractivity contribution < 1.29 is 4.79 Å². The average molecular weight is 303 g/mol. The monoisotopic (exact) mass is 303 g/mol. The lowest BCUT2D eigenvalue weighted by Crippen LogP contribution is -2.10. The molecule has 0 fully saturated rings. The predicted octanol–water partition coefficient (Wildman–Crippen LogP) is 5.19. The van der Waals surface area contributed by atoms with Gasteiger partial charge in [-0.25, -0.2) is 4.99 Å². The summed E-state index contributed by atoms with van der Waals surface area (Å²) in [7, 11) is 0. The molecule has 0 saturated heterocycles. The minimum Gasteiger partial charge on any atom is -0.298 e. The van der Waals surface area contributed by atoms with Crippen molar-refractivity contribution in [1.82, 2.24) is 0 Å². The second-order valence-electron chi connectivity index (χ2n) is 5.89. The summed E-state index contributed by atoms with van der Waals surface area (Å²) >= 11 is 0. The van der Waals surface area contributed by atoms with Crippen LogP contribution in [-0.4, -0.2) is 12.0 Å². The Balaban J connectivity index is 1.61. The van der Waals surface area contributed by atoms with Crippen molar-refractivity contribution in [3.05, 3.63) is 82.6 Å². The van der Waals surface area contributed by atoms with E-state index in [-0.39, 0.29) is 0 Å². The summed E-state index contributed by atoms with van der Waals surface area (Å²) in [6.45, 7) is 2.07. The van der Waals surface area contributed by atoms with Gasteiger partial charge in [0.25, 0.3) is 0 Å². The summed E-state index contributed by atoms with van der Waals surface area (Å²) in [5, 5.41) is 0. The maximum atomic E-state index is 10.7. The van der Waals surface area contributed by atoms with Gasteiger partial charge in [0.05, 0.1) is 11.4 Å². The van der Waals surface area contributed by atoms with Gasteiger partial charge in [-0.3, -0.25) is 4.79 Å². The van der Waals surface area contributed by atoms with Crippen LogP contribution in [0.3, 0.4) is 0 Å². The molecule has 0 spiro atoms. The average Bonchev–Trinajstić information content (AvgIpc) is 2.56. The molecule has 0 N–H and O–H groups in total. The lowest BCUT2D eigenvalue weighted by atomic mass is 9.91. The SMILES string of the molecule is CC=CCCC1=CC=C(C2=CC(c3ccc(C=O)cc3)=N2)CC1. The molecule has 3 rings (SSSR count). The molecule has 1 aromatic rings. The van der Waals surface area contributed by atoms with Crippen LogP contribution < -0.4 is 0 Å². The van der Waals surface area contributed by atoms with Crippen molar-refractivity contribution in [2.45, 2.75) is 32.6 Å². The highest BCUT2D eigenvalue weighted by molar-refractivity contribution is 6.14. The van der Waals surface area contributed by atoms with Crippen LogP contribution in [0.25, 0.3) is 0 Å². The van der Waals surface area contributed by atoms with Crippen LogP contribution in [-0.2, 0) is 0 Å². The molecule has 1 aromatic carbocycles. The maximum Gasteiger partial charge on any atom is 0.150 e. The molecule has 0 saturated carbocycles. The number of aliphatic imine (C=N–C) groups is 1. The summed E-state index contributed by atoms with van der Waals surface area (Å²) < 4.78 is 0. The van der Waals surface area contributed by atoms with Gasteiger partial charge in [0.15, 0.2) is 0 Å². The van der Waals surface area contributed by atoms with Crippen LogP contribution in [0.2, 0.25) is 0 Å². The van der Waals surface area contributed by atoms with E-state index in [4.69, 9.17) is 0 Å². The van der Waals surface area contributed by atoms with E-state index in [2.05, 4.69) is 42.3 Å². The number of nitrogens with zero attached hydrogens (tertiary/aromatic N) is 1. The number of allylic oxidation sites excluding steroid dienone is 7. The molecule has 0 amide bonds. The van der Waals surface area contributed by atoms with Crippen LogP contribution in [0.4, 0.5) is 0 Å². The number of carbonyl (C=O) groups is 1. The molecule has 2 heteroatoms. The fourth-order valence-corrected chi connectivity index (χ4v) is 2.84. The van der Waals surface area contributed by atoms with E-state index >= 15 is 0 Å². The van der Waals surface area contributed by atoms with Crippen LogP contribution in [0.5, 0.6) is 0 Å². The highest BCUT2D eigenvalue weighted by Gasteiger charge is 2.17. The second-order valence-corrected chi connectivity index (χ2v) is 5.89. The first kappa shape index (κ1) is 15.4. The van der Waals surface area contributed by atoms with E-state index in [1.807, 2.05) is 24.3 Å². The summed E-state index contributed by atoms with van der Waals surface area (Å²) in [5.41, 5.74) is 6.72. The number of benzene rings is 1. The van der Waals surface area contributed by atoms with Gasteiger partial charge < -0.3 is 0 Å². The number of hydrogen-bond donors (Lipinski definition) is 0. The highest BCUT2D eigenvalue weighted by Crippen LogP contribution is 2.31. The smallest absolute Gasteiger partial charge is 0.150 e. The van der Waals surface area contributed by atoms with E-state index in [1.165, 1.54) is 11.1 Å². The molecular weight excluding hydrogens is 282 g/mol. The predicted molar refractivity (Wildman–Crippen MR) is 95.9 cm³/mol. The van der Waals surface area contributed by atoms with Crippen molar-refractivity contribution in [2.24, 2.45) is 4.99 Å². The summed E-state index contributed by atoms with van der Waals surface area (Å²) in [6, 6.07) is 7.56. The molecule has 1 heterocycles. The first-order chi connectivity index (χ1) is 11.3. The fourth-order valence-electron chi connectivity index (χ4n) is 2.84. The Morgan fingerprint density at radius 3 is 2.52 bits per heavy atom. The fraction of sp³-hybridized carbons (Fsp3) is 0.238. The maximum absolute atomic E-state index is 10.7. The second kappa shape index (κ2) is 7.19. The van der Waals surface area contributed by atoms with Gasteiger partial charge in [0.2, 0.25) is 0 Å². The van der Waals surface area contributed by atoms with E-state index in [9.17, 15) is 4.79 Å². The Kier molecular flexibility index (Phi) is 4.82. The molecule has 0 aromatic heterocycles. The third-order valence-electron chi connectivity index (χ3n) is 4.29. The minimum atomic E-state index is 0.698. The minimum absolute atomic E-state index is 0.698. The molecule has 2 aliphatic rings. The van der Waals surface area contributed by atoms with Gasteiger partial charge >= 0.3 is 0 Å². The van der Waals surface area contributed by atoms with Gasteiger partial charge in [-0.2, -0.15) is 0 Å². The van der Waals surface area contributed by atoms with Gasteiger partial charge in [-0.05, 0) is 44.3 Å². The number of hydrogen-bond acceptors (Lipinski definition) is 2. The zero-order valence-electron chi connectivity index (χ0n) is 13.5. The van der Waals surface area contributed by atoms with Gasteiger partial charge in [0.1, 0.15) is 6.29 Å². The highest BCUT2D eigenvalue weighted by atomic mass is 16.1. The van der Waals surface area contributed by atoms with Crippen molar-refractivity contribution in [3.63, 3.8) is 0 Å². The van der Waals surface area contributed by atoms with E-state index in [0.717, 1.165) is 48.9 Å². The lowest BCUT2D eigenvalue weighted by Gasteiger charge is -2.20. The van der Waals surface area contributed by atoms with Gasteiger partial charge in [-0.1, -0.05) is 54.1 Å². The van der Waals surface area contributed by atoms with Crippen LogP contribution in [0.1, 0.15) is 48.5 Å². The van der Waals surface area contributed by atoms with Crippen LogP contribution in [0.15, 0.2) is 76.5 Å². The standard InChI is InChI=1S/C21H21NO/c1-2-3-4-5-16-6-10-18(11-7-16)20-14-21(22-20)19-12-8-17(15-23)9-13-19/h2-3,6,8-10,12-15H,4-5,7,11H2,1H3. The zero-order chi connectivity index (χ0) is 16.1. The molecule has 2 nitrogen and oxygen atoms in total. The van der Waals surface area contributed by atoms with E-state index in [0.29, 0.717) is 5.56 Å². The van der Waals surface area contributed by atoms with Crippen molar-refractivity contribution in [3.8, 4) is 0 Å². The Morgan fingerprint density at radius 2 is 1.91 bits per heavy atom. The first-order valence-corrected chi connectivity index (χ1v) is 8.16. The Labute approximate surface area is 137 Å². The van der Waals surface area contributed by atoms with Gasteiger partial charge in [-0.15, -0.1) is 0 Å². The molecule has 116 valence electrons. The Bertz CT molecular complexity index is 743. The number of carbonyl (C=O) groups excluding carboxylic acids is 1. The molecule has 1 aliphatic heterocycles. The third-order valence-corrected chi connectivity index (χ3v) is 4.29. The first-order valence-electron chi connectivity index (χ1n) is 8.16. The van der Waals surface area contributed by atoms with Gasteiger partial charge in [0, 0.05) is 11.1 Å². The van der Waals surface area contributed by atoms with Crippen molar-refractivity contribution in [1.29, 1.82) is 0 Å². The Hall–Kier alpha value is -2.48. The quantitative estimate of drug-likeness (QED) is 0.525. The third kappa shape index (κ3) is 3.65. The Morgan fingerprint density at radius 1 is 1.13 bits per heavy atom. The number of aldehydes is 1. The normalized spacial score (nSPS) is 17.1. The molecule has 0 atom stereocenters. The van der Waals surface area contributed by atoms with E-state index < -0.39 is 0 Å². The van der Waals surface area contributed by atoms with E-state index in [1.54, 1.807) is 0 Å². The summed E-state index contributed by atoms with van der Waals surface area (Å²) in [5.74, 6) is 0. The molecule has 1 aliphatic carbocycles. The largest absolute Gasteiger partial charge is 0.298 e. The number of rotatable bonds is 6. The van der Waals surface area contributed by atoms with Crippen molar-refractivity contribution in [2.75, 3.05) is 0 Å². The molecular formula is C21H21NO. The lowest BCUT2D eigenvalue weighted by molar-refractivity contribution is 0.112. The van der Waals surface area contributed by atoms with Crippen molar-refractivity contribution >= 4 is 12.0 Å². The summed E-state index contributed by atoms with van der Waals surface area (Å²) in [4.78, 5) is 15.3. The molecule has 0 unspecified atom stereocenters. The zero-order valence-corrected chi connectivity index (χ0v) is 13.5. The summed E-state index contributed by atoms with van der Waals surface area (Å²) in [6.07, 6.45) is 16.3. The van der Waals surface area contributed by atoms with Crippen LogP contribution >= 0.6 is 0 Å².